The Hall–Kier alpha value is -2.90. The van der Waals surface area contributed by atoms with Crippen molar-refractivity contribution in [3.05, 3.63) is 40.4 Å². The molecule has 0 atom stereocenters. The highest BCUT2D eigenvalue weighted by atomic mass is 32.1. The van der Waals surface area contributed by atoms with Crippen LogP contribution in [-0.2, 0) is 11.2 Å². The Bertz CT molecular complexity index is 755. The third kappa shape index (κ3) is 3.78. The average molecular weight is 298 g/mol. The Kier molecular flexibility index (Phi) is 4.50. The van der Waals surface area contributed by atoms with Crippen LogP contribution in [0.2, 0.25) is 0 Å². The summed E-state index contributed by atoms with van der Waals surface area (Å²) >= 11 is 1.36. The van der Waals surface area contributed by atoms with Crippen molar-refractivity contribution in [3.63, 3.8) is 0 Å². The van der Waals surface area contributed by atoms with Crippen LogP contribution >= 0.6 is 11.3 Å². The van der Waals surface area contributed by atoms with Crippen molar-refractivity contribution < 1.29 is 9.90 Å². The lowest BCUT2D eigenvalue weighted by atomic mass is 10.1. The molecule has 2 rings (SSSR count). The minimum Gasteiger partial charge on any atom is -0.481 e. The van der Waals surface area contributed by atoms with Crippen molar-refractivity contribution in [2.75, 3.05) is 5.32 Å². The summed E-state index contributed by atoms with van der Waals surface area (Å²) in [5.74, 6) is -0.858. The van der Waals surface area contributed by atoms with E-state index in [4.69, 9.17) is 15.6 Å². The summed E-state index contributed by atoms with van der Waals surface area (Å²) in [6.07, 6.45) is 0.420. The first kappa shape index (κ1) is 14.5. The fourth-order valence-electron chi connectivity index (χ4n) is 1.65. The molecule has 0 spiro atoms. The van der Waals surface area contributed by atoms with Crippen LogP contribution in [0.4, 0.5) is 10.8 Å². The number of hydrogen-bond acceptors (Lipinski definition) is 6. The molecule has 1 aromatic carbocycles. The van der Waals surface area contributed by atoms with Gasteiger partial charge in [0.25, 0.3) is 0 Å². The number of carboxylic acids is 1. The predicted octanol–water partition coefficient (Wildman–Crippen LogP) is 2.65. The minimum atomic E-state index is -0.858. The Labute approximate surface area is 124 Å². The topological polar surface area (TPSA) is 110 Å². The van der Waals surface area contributed by atoms with Gasteiger partial charge in [0.05, 0.1) is 23.2 Å². The lowest BCUT2D eigenvalue weighted by Crippen LogP contribution is -1.98. The molecule has 0 fully saturated rings. The number of nitriles is 2. The van der Waals surface area contributed by atoms with E-state index in [-0.39, 0.29) is 6.42 Å². The van der Waals surface area contributed by atoms with Gasteiger partial charge < -0.3 is 10.4 Å². The lowest BCUT2D eigenvalue weighted by Gasteiger charge is -2.03. The van der Waals surface area contributed by atoms with E-state index < -0.39 is 5.97 Å². The van der Waals surface area contributed by atoms with Crippen LogP contribution < -0.4 is 5.32 Å². The molecule has 0 bridgehead atoms. The zero-order valence-electron chi connectivity index (χ0n) is 10.8. The summed E-state index contributed by atoms with van der Waals surface area (Å²) in [4.78, 5) is 14.8. The standard InChI is InChI=1S/C14H10N4O2S/c15-6-9-1-2-11(5-10(9)7-16)17-14-18-12(8-21-14)3-4-13(19)20/h1-2,5,8H,3-4H2,(H,17,18)(H,19,20). The number of hydrogen-bond donors (Lipinski definition) is 2. The summed E-state index contributed by atoms with van der Waals surface area (Å²) in [5.41, 5.74) is 1.98. The van der Waals surface area contributed by atoms with Gasteiger partial charge >= 0.3 is 5.97 Å². The number of aromatic nitrogens is 1. The molecule has 1 heterocycles. The second-order valence-electron chi connectivity index (χ2n) is 4.15. The molecule has 7 heteroatoms. The van der Waals surface area contributed by atoms with Gasteiger partial charge in [0.2, 0.25) is 0 Å². The molecule has 104 valence electrons. The molecule has 0 aliphatic heterocycles. The molecule has 0 unspecified atom stereocenters. The first-order valence-electron chi connectivity index (χ1n) is 6.00. The molecular weight excluding hydrogens is 288 g/mol. The molecule has 2 aromatic rings. The van der Waals surface area contributed by atoms with E-state index in [9.17, 15) is 4.79 Å². The minimum absolute atomic E-state index is 0.0403. The van der Waals surface area contributed by atoms with Crippen LogP contribution in [-0.4, -0.2) is 16.1 Å². The number of rotatable bonds is 5. The molecule has 6 nitrogen and oxygen atoms in total. The normalized spacial score (nSPS) is 9.62. The molecule has 0 saturated carbocycles. The van der Waals surface area contributed by atoms with Crippen LogP contribution in [0, 0.1) is 22.7 Å². The first-order chi connectivity index (χ1) is 10.1. The van der Waals surface area contributed by atoms with Crippen molar-refractivity contribution >= 4 is 28.1 Å². The van der Waals surface area contributed by atoms with Gasteiger partial charge in [-0.3, -0.25) is 4.79 Å². The molecule has 21 heavy (non-hydrogen) atoms. The van der Waals surface area contributed by atoms with Gasteiger partial charge in [-0.05, 0) is 18.2 Å². The molecular formula is C14H10N4O2S. The summed E-state index contributed by atoms with van der Waals surface area (Å²) in [5, 5.41) is 31.9. The number of aryl methyl sites for hydroxylation is 1. The fourth-order valence-corrected chi connectivity index (χ4v) is 2.41. The monoisotopic (exact) mass is 298 g/mol. The summed E-state index contributed by atoms with van der Waals surface area (Å²) < 4.78 is 0. The van der Waals surface area contributed by atoms with E-state index in [0.717, 1.165) is 0 Å². The highest BCUT2D eigenvalue weighted by molar-refractivity contribution is 7.13. The number of anilines is 2. The number of carboxylic acid groups (broad SMARTS) is 1. The van der Waals surface area contributed by atoms with Crippen LogP contribution in [0.25, 0.3) is 0 Å². The predicted molar refractivity (Wildman–Crippen MR) is 77.2 cm³/mol. The number of nitrogens with zero attached hydrogens (tertiary/aromatic N) is 3. The van der Waals surface area contributed by atoms with Gasteiger partial charge in [-0.1, -0.05) is 0 Å². The van der Waals surface area contributed by atoms with Gasteiger partial charge in [0.1, 0.15) is 12.1 Å². The van der Waals surface area contributed by atoms with E-state index in [0.29, 0.717) is 34.1 Å². The molecule has 0 amide bonds. The van der Waals surface area contributed by atoms with Crippen LogP contribution in [0.15, 0.2) is 23.6 Å². The Morgan fingerprint density at radius 3 is 2.76 bits per heavy atom. The van der Waals surface area contributed by atoms with Crippen molar-refractivity contribution in [3.8, 4) is 12.1 Å². The Morgan fingerprint density at radius 2 is 2.10 bits per heavy atom. The van der Waals surface area contributed by atoms with Crippen LogP contribution in [0.5, 0.6) is 0 Å². The summed E-state index contributed by atoms with van der Waals surface area (Å²) in [6.45, 7) is 0. The SMILES string of the molecule is N#Cc1ccc(Nc2nc(CCC(=O)O)cs2)cc1C#N. The smallest absolute Gasteiger partial charge is 0.303 e. The highest BCUT2D eigenvalue weighted by Crippen LogP contribution is 2.23. The van der Waals surface area contributed by atoms with Gasteiger partial charge in [0.15, 0.2) is 5.13 Å². The Morgan fingerprint density at radius 1 is 1.33 bits per heavy atom. The van der Waals surface area contributed by atoms with Crippen molar-refractivity contribution in [2.45, 2.75) is 12.8 Å². The van der Waals surface area contributed by atoms with Crippen LogP contribution in [0.1, 0.15) is 23.2 Å². The van der Waals surface area contributed by atoms with Crippen molar-refractivity contribution in [1.82, 2.24) is 4.98 Å². The number of carbonyl (C=O) groups is 1. The van der Waals surface area contributed by atoms with Gasteiger partial charge in [-0.25, -0.2) is 4.98 Å². The molecule has 1 aromatic heterocycles. The first-order valence-corrected chi connectivity index (χ1v) is 6.88. The van der Waals surface area contributed by atoms with Gasteiger partial charge in [-0.15, -0.1) is 11.3 Å². The largest absolute Gasteiger partial charge is 0.481 e. The van der Waals surface area contributed by atoms with Gasteiger partial charge in [-0.2, -0.15) is 10.5 Å². The van der Waals surface area contributed by atoms with Crippen molar-refractivity contribution in [1.29, 1.82) is 10.5 Å². The van der Waals surface area contributed by atoms with E-state index in [2.05, 4.69) is 10.3 Å². The molecule has 0 radical (unpaired) electrons. The third-order valence-electron chi connectivity index (χ3n) is 2.66. The zero-order valence-corrected chi connectivity index (χ0v) is 11.6. The number of aliphatic carboxylic acids is 1. The highest BCUT2D eigenvalue weighted by Gasteiger charge is 2.07. The van der Waals surface area contributed by atoms with E-state index in [1.807, 2.05) is 12.1 Å². The molecule has 0 saturated heterocycles. The summed E-state index contributed by atoms with van der Waals surface area (Å²) in [6, 6.07) is 8.76. The average Bonchev–Trinajstić information content (AvgIpc) is 2.92. The van der Waals surface area contributed by atoms with Crippen molar-refractivity contribution in [2.24, 2.45) is 0 Å². The lowest BCUT2D eigenvalue weighted by molar-refractivity contribution is -0.136. The zero-order chi connectivity index (χ0) is 15.2. The maximum absolute atomic E-state index is 10.5. The van der Waals surface area contributed by atoms with E-state index in [1.165, 1.54) is 11.3 Å². The quantitative estimate of drug-likeness (QED) is 0.878. The summed E-state index contributed by atoms with van der Waals surface area (Å²) in [7, 11) is 0. The third-order valence-corrected chi connectivity index (χ3v) is 3.47. The number of benzene rings is 1. The Balaban J connectivity index is 2.10. The number of nitrogens with one attached hydrogen (secondary N) is 1. The molecule has 0 aliphatic rings. The van der Waals surface area contributed by atoms with E-state index in [1.54, 1.807) is 23.6 Å². The van der Waals surface area contributed by atoms with E-state index >= 15 is 0 Å². The maximum atomic E-state index is 10.5. The fraction of sp³-hybridized carbons (Fsp3) is 0.143. The maximum Gasteiger partial charge on any atom is 0.303 e. The number of thiazole rings is 1. The second-order valence-corrected chi connectivity index (χ2v) is 5.00. The second kappa shape index (κ2) is 6.51. The molecule has 2 N–H and O–H groups in total. The molecule has 0 aliphatic carbocycles. The van der Waals surface area contributed by atoms with Crippen LogP contribution in [0.3, 0.4) is 0 Å². The van der Waals surface area contributed by atoms with Gasteiger partial charge in [0, 0.05) is 17.5 Å².